The average molecular weight is 282 g/mol. The number of hydrogen-bond acceptors (Lipinski definition) is 2. The van der Waals surface area contributed by atoms with E-state index in [0.717, 1.165) is 23.1 Å². The smallest absolute Gasteiger partial charge is 0.189 e. The third-order valence-corrected chi connectivity index (χ3v) is 3.73. The molecule has 106 valence electrons. The second-order valence-electron chi connectivity index (χ2n) is 5.05. The summed E-state index contributed by atoms with van der Waals surface area (Å²) in [5.74, 6) is -0.180. The third kappa shape index (κ3) is 2.59. The van der Waals surface area contributed by atoms with Crippen molar-refractivity contribution in [3.05, 3.63) is 70.5 Å². The van der Waals surface area contributed by atoms with E-state index in [1.165, 1.54) is 13.2 Å². The Labute approximate surface area is 122 Å². The Balaban J connectivity index is 1.95. The van der Waals surface area contributed by atoms with Crippen molar-refractivity contribution in [1.29, 1.82) is 0 Å². The Bertz CT molecular complexity index is 732. The van der Waals surface area contributed by atoms with Crippen molar-refractivity contribution in [2.45, 2.75) is 12.8 Å². The molecule has 1 aliphatic rings. The van der Waals surface area contributed by atoms with Gasteiger partial charge in [-0.3, -0.25) is 4.79 Å². The van der Waals surface area contributed by atoms with Gasteiger partial charge >= 0.3 is 0 Å². The number of aryl methyl sites for hydroxylation is 1. The molecule has 2 aromatic carbocycles. The first-order valence-electron chi connectivity index (χ1n) is 6.86. The number of hydrogen-bond donors (Lipinski definition) is 0. The first-order chi connectivity index (χ1) is 10.2. The average Bonchev–Trinajstić information content (AvgIpc) is 2.51. The second-order valence-corrected chi connectivity index (χ2v) is 5.05. The number of allylic oxidation sites excluding steroid dienone is 1. The van der Waals surface area contributed by atoms with Crippen LogP contribution in [0.1, 0.15) is 27.9 Å². The normalized spacial score (nSPS) is 15.9. The van der Waals surface area contributed by atoms with Crippen LogP contribution in [-0.2, 0) is 6.42 Å². The molecule has 3 heteroatoms. The fourth-order valence-electron chi connectivity index (χ4n) is 2.63. The number of fused-ring (bicyclic) bond motifs is 1. The van der Waals surface area contributed by atoms with Crippen LogP contribution in [0, 0.1) is 5.82 Å². The lowest BCUT2D eigenvalue weighted by atomic mass is 9.86. The van der Waals surface area contributed by atoms with Crippen molar-refractivity contribution < 1.29 is 13.9 Å². The molecule has 0 saturated heterocycles. The Morgan fingerprint density at radius 1 is 1.14 bits per heavy atom. The van der Waals surface area contributed by atoms with E-state index in [4.69, 9.17) is 4.74 Å². The molecule has 1 aliphatic carbocycles. The molecule has 0 spiro atoms. The predicted octanol–water partition coefficient (Wildman–Crippen LogP) is 4.05. The minimum atomic E-state index is -0.421. The van der Waals surface area contributed by atoms with Crippen LogP contribution in [0.15, 0.2) is 48.0 Å². The number of benzene rings is 2. The molecule has 0 fully saturated rings. The van der Waals surface area contributed by atoms with Crippen molar-refractivity contribution in [3.63, 3.8) is 0 Å². The van der Waals surface area contributed by atoms with Gasteiger partial charge in [0.1, 0.15) is 0 Å². The maximum atomic E-state index is 13.7. The van der Waals surface area contributed by atoms with E-state index in [2.05, 4.69) is 0 Å². The molecule has 0 amide bonds. The van der Waals surface area contributed by atoms with Crippen LogP contribution in [0.3, 0.4) is 0 Å². The number of carbonyl (C=O) groups excluding carboxylic acids is 1. The van der Waals surface area contributed by atoms with E-state index in [9.17, 15) is 9.18 Å². The number of halogens is 1. The van der Waals surface area contributed by atoms with E-state index in [0.29, 0.717) is 12.0 Å². The van der Waals surface area contributed by atoms with Gasteiger partial charge in [0.2, 0.25) is 0 Å². The quantitative estimate of drug-likeness (QED) is 0.777. The second kappa shape index (κ2) is 5.52. The molecular weight excluding hydrogens is 267 g/mol. The van der Waals surface area contributed by atoms with Crippen LogP contribution in [0.25, 0.3) is 6.08 Å². The molecule has 21 heavy (non-hydrogen) atoms. The molecular formula is C18H15FO2. The molecule has 0 saturated carbocycles. The van der Waals surface area contributed by atoms with Crippen molar-refractivity contribution in [1.82, 2.24) is 0 Å². The SMILES string of the molecule is COc1ccc(/C=C2\CCc3ccccc3C2=O)cc1F. The van der Waals surface area contributed by atoms with Gasteiger partial charge in [-0.05, 0) is 42.2 Å². The predicted molar refractivity (Wildman–Crippen MR) is 80.0 cm³/mol. The summed E-state index contributed by atoms with van der Waals surface area (Å²) in [7, 11) is 1.43. The highest BCUT2D eigenvalue weighted by molar-refractivity contribution is 6.13. The standard InChI is InChI=1S/C18H15FO2/c1-21-17-9-6-12(11-16(17)19)10-14-8-7-13-4-2-3-5-15(13)18(14)20/h2-6,9-11H,7-8H2,1H3/b14-10+. The van der Waals surface area contributed by atoms with Gasteiger partial charge in [0.25, 0.3) is 0 Å². The molecule has 3 rings (SSSR count). The van der Waals surface area contributed by atoms with Gasteiger partial charge in [0.05, 0.1) is 7.11 Å². The van der Waals surface area contributed by atoms with Crippen LogP contribution in [0.2, 0.25) is 0 Å². The van der Waals surface area contributed by atoms with Crippen molar-refractivity contribution >= 4 is 11.9 Å². The Morgan fingerprint density at radius 3 is 2.71 bits per heavy atom. The van der Waals surface area contributed by atoms with Crippen molar-refractivity contribution in [2.75, 3.05) is 7.11 Å². The molecule has 2 nitrogen and oxygen atoms in total. The topological polar surface area (TPSA) is 26.3 Å². The maximum absolute atomic E-state index is 13.7. The van der Waals surface area contributed by atoms with Gasteiger partial charge in [0.15, 0.2) is 17.3 Å². The first-order valence-corrected chi connectivity index (χ1v) is 6.86. The molecule has 0 aliphatic heterocycles. The summed E-state index contributed by atoms with van der Waals surface area (Å²) in [4.78, 5) is 12.4. The lowest BCUT2D eigenvalue weighted by Crippen LogP contribution is -2.13. The number of Topliss-reactive ketones (excluding diaryl/α,β-unsaturated/α-hetero) is 1. The molecule has 0 aromatic heterocycles. The summed E-state index contributed by atoms with van der Waals surface area (Å²) in [6, 6.07) is 12.4. The molecule has 0 atom stereocenters. The third-order valence-electron chi connectivity index (χ3n) is 3.73. The Morgan fingerprint density at radius 2 is 1.95 bits per heavy atom. The largest absolute Gasteiger partial charge is 0.494 e. The maximum Gasteiger partial charge on any atom is 0.189 e. The number of ether oxygens (including phenoxy) is 1. The number of ketones is 1. The number of carbonyl (C=O) groups is 1. The lowest BCUT2D eigenvalue weighted by molar-refractivity contribution is 0.102. The fraction of sp³-hybridized carbons (Fsp3) is 0.167. The summed E-state index contributed by atoms with van der Waals surface area (Å²) in [6.45, 7) is 0. The van der Waals surface area contributed by atoms with Crippen LogP contribution < -0.4 is 4.74 Å². The van der Waals surface area contributed by atoms with Crippen LogP contribution in [0.5, 0.6) is 5.75 Å². The summed E-state index contributed by atoms with van der Waals surface area (Å²) in [5, 5.41) is 0. The van der Waals surface area contributed by atoms with Crippen molar-refractivity contribution in [2.24, 2.45) is 0 Å². The zero-order valence-electron chi connectivity index (χ0n) is 11.7. The Hall–Kier alpha value is -2.42. The summed E-state index contributed by atoms with van der Waals surface area (Å²) < 4.78 is 18.6. The number of rotatable bonds is 2. The molecule has 0 N–H and O–H groups in total. The van der Waals surface area contributed by atoms with Crippen LogP contribution >= 0.6 is 0 Å². The van der Waals surface area contributed by atoms with Crippen LogP contribution in [-0.4, -0.2) is 12.9 Å². The highest BCUT2D eigenvalue weighted by atomic mass is 19.1. The molecule has 0 radical (unpaired) electrons. The summed E-state index contributed by atoms with van der Waals surface area (Å²) >= 11 is 0. The van der Waals surface area contributed by atoms with Gasteiger partial charge in [-0.25, -0.2) is 4.39 Å². The molecule has 0 unspecified atom stereocenters. The monoisotopic (exact) mass is 282 g/mol. The van der Waals surface area contributed by atoms with E-state index >= 15 is 0 Å². The molecule has 0 bridgehead atoms. The van der Waals surface area contributed by atoms with Crippen LogP contribution in [0.4, 0.5) is 4.39 Å². The summed E-state index contributed by atoms with van der Waals surface area (Å²) in [6.07, 6.45) is 3.29. The molecule has 2 aromatic rings. The minimum absolute atomic E-state index is 0.0353. The minimum Gasteiger partial charge on any atom is -0.494 e. The zero-order chi connectivity index (χ0) is 14.8. The zero-order valence-corrected chi connectivity index (χ0v) is 11.7. The van der Waals surface area contributed by atoms with E-state index < -0.39 is 5.82 Å². The van der Waals surface area contributed by atoms with E-state index in [1.807, 2.05) is 24.3 Å². The van der Waals surface area contributed by atoms with Gasteiger partial charge < -0.3 is 4.74 Å². The van der Waals surface area contributed by atoms with E-state index in [1.54, 1.807) is 18.2 Å². The fourth-order valence-corrected chi connectivity index (χ4v) is 2.63. The van der Waals surface area contributed by atoms with Gasteiger partial charge in [-0.2, -0.15) is 0 Å². The van der Waals surface area contributed by atoms with Crippen molar-refractivity contribution in [3.8, 4) is 5.75 Å². The van der Waals surface area contributed by atoms with Gasteiger partial charge in [-0.1, -0.05) is 30.3 Å². The van der Waals surface area contributed by atoms with Gasteiger partial charge in [-0.15, -0.1) is 0 Å². The lowest BCUT2D eigenvalue weighted by Gasteiger charge is -2.17. The molecule has 0 heterocycles. The highest BCUT2D eigenvalue weighted by Crippen LogP contribution is 2.27. The number of methoxy groups -OCH3 is 1. The first kappa shape index (κ1) is 13.6. The van der Waals surface area contributed by atoms with Gasteiger partial charge in [0, 0.05) is 11.1 Å². The highest BCUT2D eigenvalue weighted by Gasteiger charge is 2.21. The summed E-state index contributed by atoms with van der Waals surface area (Å²) in [5.41, 5.74) is 3.24. The Kier molecular flexibility index (Phi) is 3.57. The van der Waals surface area contributed by atoms with E-state index in [-0.39, 0.29) is 11.5 Å².